The molecule has 0 radical (unpaired) electrons. The van der Waals surface area contributed by atoms with E-state index < -0.39 is 0 Å². The minimum Gasteiger partial charge on any atom is -0.347 e. The Hall–Kier alpha value is -2.10. The number of hydrogen-bond donors (Lipinski definition) is 0. The maximum Gasteiger partial charge on any atom is 0.293 e. The van der Waals surface area contributed by atoms with Gasteiger partial charge in [-0.05, 0) is 17.5 Å². The van der Waals surface area contributed by atoms with Gasteiger partial charge >= 0.3 is 0 Å². The molecule has 1 aliphatic heterocycles. The van der Waals surface area contributed by atoms with E-state index in [9.17, 15) is 4.79 Å². The Morgan fingerprint density at radius 1 is 1.22 bits per heavy atom. The van der Waals surface area contributed by atoms with Crippen LogP contribution >= 0.6 is 0 Å². The van der Waals surface area contributed by atoms with Crippen molar-refractivity contribution >= 4 is 5.82 Å². The summed E-state index contributed by atoms with van der Waals surface area (Å²) in [5.74, 6) is 0.550. The molecule has 2 aromatic rings. The van der Waals surface area contributed by atoms with Crippen molar-refractivity contribution in [2.24, 2.45) is 7.05 Å². The van der Waals surface area contributed by atoms with Gasteiger partial charge in [0.25, 0.3) is 5.56 Å². The summed E-state index contributed by atoms with van der Waals surface area (Å²) < 4.78 is 1.57. The highest BCUT2D eigenvalue weighted by molar-refractivity contribution is 5.42. The monoisotopic (exact) mass is 241 g/mol. The molecule has 4 nitrogen and oxygen atoms in total. The molecule has 0 aliphatic carbocycles. The lowest BCUT2D eigenvalue weighted by Crippen LogP contribution is -2.36. The smallest absolute Gasteiger partial charge is 0.293 e. The average molecular weight is 241 g/mol. The van der Waals surface area contributed by atoms with Crippen LogP contribution in [-0.2, 0) is 20.0 Å². The van der Waals surface area contributed by atoms with E-state index in [4.69, 9.17) is 0 Å². The van der Waals surface area contributed by atoms with Crippen molar-refractivity contribution in [2.45, 2.75) is 13.0 Å². The zero-order valence-corrected chi connectivity index (χ0v) is 10.3. The van der Waals surface area contributed by atoms with Crippen LogP contribution in [0.2, 0.25) is 0 Å². The first-order valence-electron chi connectivity index (χ1n) is 6.09. The minimum atomic E-state index is -0.0307. The quantitative estimate of drug-likeness (QED) is 0.756. The van der Waals surface area contributed by atoms with Gasteiger partial charge in [0, 0.05) is 32.5 Å². The van der Waals surface area contributed by atoms with E-state index in [2.05, 4.69) is 28.1 Å². The molecule has 4 heteroatoms. The standard InChI is InChI=1S/C14H15N3O/c1-16-9-7-15-13(14(16)18)17-8-6-11-4-2-3-5-12(11)10-17/h2-5,7,9H,6,8,10H2,1H3. The molecule has 0 unspecified atom stereocenters. The van der Waals surface area contributed by atoms with Crippen molar-refractivity contribution in [3.63, 3.8) is 0 Å². The topological polar surface area (TPSA) is 38.1 Å². The van der Waals surface area contributed by atoms with Crippen LogP contribution in [0.25, 0.3) is 0 Å². The van der Waals surface area contributed by atoms with Crippen molar-refractivity contribution in [1.82, 2.24) is 9.55 Å². The summed E-state index contributed by atoms with van der Waals surface area (Å²) in [6.45, 7) is 1.62. The summed E-state index contributed by atoms with van der Waals surface area (Å²) in [5.41, 5.74) is 2.63. The molecule has 1 aromatic carbocycles. The largest absolute Gasteiger partial charge is 0.347 e. The number of fused-ring (bicyclic) bond motifs is 1. The molecule has 2 heterocycles. The molecule has 0 saturated heterocycles. The van der Waals surface area contributed by atoms with E-state index in [1.807, 2.05) is 6.07 Å². The van der Waals surface area contributed by atoms with Crippen molar-refractivity contribution in [3.8, 4) is 0 Å². The fourth-order valence-electron chi connectivity index (χ4n) is 2.38. The molecule has 0 N–H and O–H groups in total. The van der Waals surface area contributed by atoms with Crippen LogP contribution in [0.5, 0.6) is 0 Å². The highest BCUT2D eigenvalue weighted by Gasteiger charge is 2.19. The van der Waals surface area contributed by atoms with Crippen LogP contribution in [-0.4, -0.2) is 16.1 Å². The Bertz CT molecular complexity index is 633. The van der Waals surface area contributed by atoms with E-state index in [0.717, 1.165) is 19.5 Å². The predicted molar refractivity (Wildman–Crippen MR) is 70.7 cm³/mol. The van der Waals surface area contributed by atoms with E-state index in [1.54, 1.807) is 24.0 Å². The zero-order chi connectivity index (χ0) is 12.5. The number of rotatable bonds is 1. The summed E-state index contributed by atoms with van der Waals surface area (Å²) in [7, 11) is 1.76. The second-order valence-corrected chi connectivity index (χ2v) is 4.61. The number of benzene rings is 1. The minimum absolute atomic E-state index is 0.0307. The van der Waals surface area contributed by atoms with Crippen LogP contribution in [0.15, 0.2) is 41.5 Å². The van der Waals surface area contributed by atoms with Gasteiger partial charge in [0.15, 0.2) is 5.82 Å². The summed E-state index contributed by atoms with van der Waals surface area (Å²) >= 11 is 0. The molecule has 0 fully saturated rings. The lowest BCUT2D eigenvalue weighted by atomic mass is 10.00. The van der Waals surface area contributed by atoms with Crippen LogP contribution < -0.4 is 10.5 Å². The number of hydrogen-bond acceptors (Lipinski definition) is 3. The molecule has 1 aromatic heterocycles. The maximum absolute atomic E-state index is 12.0. The van der Waals surface area contributed by atoms with Gasteiger partial charge in [0.2, 0.25) is 0 Å². The van der Waals surface area contributed by atoms with E-state index in [-0.39, 0.29) is 5.56 Å². The average Bonchev–Trinajstić information content (AvgIpc) is 2.41. The van der Waals surface area contributed by atoms with Gasteiger partial charge in [0.1, 0.15) is 0 Å². The maximum atomic E-state index is 12.0. The third-order valence-electron chi connectivity index (χ3n) is 3.43. The predicted octanol–water partition coefficient (Wildman–Crippen LogP) is 1.34. The van der Waals surface area contributed by atoms with Gasteiger partial charge in [-0.3, -0.25) is 4.79 Å². The highest BCUT2D eigenvalue weighted by atomic mass is 16.1. The SMILES string of the molecule is Cn1ccnc(N2CCc3ccccc3C2)c1=O. The molecule has 0 atom stereocenters. The number of aromatic nitrogens is 2. The van der Waals surface area contributed by atoms with E-state index >= 15 is 0 Å². The highest BCUT2D eigenvalue weighted by Crippen LogP contribution is 2.20. The molecular formula is C14H15N3O. The molecule has 0 bridgehead atoms. The van der Waals surface area contributed by atoms with E-state index in [1.165, 1.54) is 11.1 Å². The second kappa shape index (κ2) is 4.29. The number of aryl methyl sites for hydroxylation is 1. The van der Waals surface area contributed by atoms with Crippen LogP contribution in [0.3, 0.4) is 0 Å². The van der Waals surface area contributed by atoms with E-state index in [0.29, 0.717) is 5.82 Å². The Kier molecular flexibility index (Phi) is 2.63. The van der Waals surface area contributed by atoms with Gasteiger partial charge < -0.3 is 9.47 Å². The Morgan fingerprint density at radius 3 is 2.83 bits per heavy atom. The summed E-state index contributed by atoms with van der Waals surface area (Å²) in [6.07, 6.45) is 4.33. The molecular weight excluding hydrogens is 226 g/mol. The van der Waals surface area contributed by atoms with Crippen molar-refractivity contribution in [3.05, 3.63) is 58.1 Å². The molecule has 18 heavy (non-hydrogen) atoms. The molecule has 0 saturated carbocycles. The fourth-order valence-corrected chi connectivity index (χ4v) is 2.38. The van der Waals surface area contributed by atoms with Crippen LogP contribution in [0.4, 0.5) is 5.82 Å². The van der Waals surface area contributed by atoms with Crippen molar-refractivity contribution in [1.29, 1.82) is 0 Å². The molecule has 0 amide bonds. The second-order valence-electron chi connectivity index (χ2n) is 4.61. The molecule has 0 spiro atoms. The molecule has 1 aliphatic rings. The van der Waals surface area contributed by atoms with Gasteiger partial charge in [-0.25, -0.2) is 4.98 Å². The Balaban J connectivity index is 1.97. The normalized spacial score (nSPS) is 14.4. The third-order valence-corrected chi connectivity index (χ3v) is 3.43. The van der Waals surface area contributed by atoms with Crippen LogP contribution in [0.1, 0.15) is 11.1 Å². The zero-order valence-electron chi connectivity index (χ0n) is 10.3. The first-order chi connectivity index (χ1) is 8.75. The lowest BCUT2D eigenvalue weighted by molar-refractivity contribution is 0.702. The van der Waals surface area contributed by atoms with Crippen LogP contribution in [0, 0.1) is 0 Å². The summed E-state index contributed by atoms with van der Waals surface area (Å²) in [5, 5.41) is 0. The van der Waals surface area contributed by atoms with Gasteiger partial charge in [0.05, 0.1) is 0 Å². The van der Waals surface area contributed by atoms with Crippen molar-refractivity contribution < 1.29 is 0 Å². The third kappa shape index (κ3) is 1.79. The Morgan fingerprint density at radius 2 is 2.00 bits per heavy atom. The molecule has 3 rings (SSSR count). The first kappa shape index (κ1) is 11.0. The molecule has 92 valence electrons. The van der Waals surface area contributed by atoms with Crippen molar-refractivity contribution in [2.75, 3.05) is 11.4 Å². The Labute approximate surface area is 106 Å². The van der Waals surface area contributed by atoms with Gasteiger partial charge in [-0.2, -0.15) is 0 Å². The lowest BCUT2D eigenvalue weighted by Gasteiger charge is -2.29. The summed E-state index contributed by atoms with van der Waals surface area (Å²) in [6, 6.07) is 8.38. The fraction of sp³-hybridized carbons (Fsp3) is 0.286. The van der Waals surface area contributed by atoms with Gasteiger partial charge in [-0.1, -0.05) is 24.3 Å². The number of nitrogens with zero attached hydrogens (tertiary/aromatic N) is 3. The van der Waals surface area contributed by atoms with Gasteiger partial charge in [-0.15, -0.1) is 0 Å². The first-order valence-corrected chi connectivity index (χ1v) is 6.09. The number of anilines is 1. The summed E-state index contributed by atoms with van der Waals surface area (Å²) in [4.78, 5) is 18.3.